The molecule has 0 unspecified atom stereocenters. The van der Waals surface area contributed by atoms with E-state index < -0.39 is 0 Å². The third-order valence-electron chi connectivity index (χ3n) is 5.63. The lowest BCUT2D eigenvalue weighted by Crippen LogP contribution is -2.21. The van der Waals surface area contributed by atoms with Crippen molar-refractivity contribution in [2.75, 3.05) is 18.0 Å². The van der Waals surface area contributed by atoms with Crippen LogP contribution in [0.5, 0.6) is 0 Å². The molecule has 2 aliphatic rings. The fraction of sp³-hybridized carbons (Fsp3) is 0.450. The lowest BCUT2D eigenvalue weighted by atomic mass is 9.99. The van der Waals surface area contributed by atoms with E-state index in [1.54, 1.807) is 6.33 Å². The van der Waals surface area contributed by atoms with Crippen molar-refractivity contribution in [3.05, 3.63) is 48.0 Å². The summed E-state index contributed by atoms with van der Waals surface area (Å²) in [6.45, 7) is 3.08. The minimum Gasteiger partial charge on any atom is -0.354 e. The molecule has 2 aromatic heterocycles. The van der Waals surface area contributed by atoms with Gasteiger partial charge in [0.1, 0.15) is 12.2 Å². The van der Waals surface area contributed by atoms with Gasteiger partial charge in [-0.05, 0) is 24.8 Å². The van der Waals surface area contributed by atoms with E-state index in [-0.39, 0.29) is 0 Å². The van der Waals surface area contributed by atoms with Crippen molar-refractivity contribution in [3.8, 4) is 0 Å². The van der Waals surface area contributed by atoms with Gasteiger partial charge in [0.15, 0.2) is 17.0 Å². The highest BCUT2D eigenvalue weighted by molar-refractivity contribution is 5.84. The molecule has 1 fully saturated rings. The van der Waals surface area contributed by atoms with E-state index in [4.69, 9.17) is 4.98 Å². The van der Waals surface area contributed by atoms with Crippen molar-refractivity contribution in [3.63, 3.8) is 0 Å². The Morgan fingerprint density at radius 2 is 1.88 bits per heavy atom. The molecular weight excluding hydrogens is 310 g/mol. The van der Waals surface area contributed by atoms with E-state index in [0.29, 0.717) is 5.92 Å². The van der Waals surface area contributed by atoms with Crippen molar-refractivity contribution in [1.82, 2.24) is 19.5 Å². The minimum absolute atomic E-state index is 0.576. The predicted octanol–water partition coefficient (Wildman–Crippen LogP) is 3.55. The largest absolute Gasteiger partial charge is 0.354 e. The van der Waals surface area contributed by atoms with Gasteiger partial charge < -0.3 is 9.47 Å². The van der Waals surface area contributed by atoms with Crippen LogP contribution in [0.3, 0.4) is 0 Å². The molecule has 4 heterocycles. The molecule has 5 rings (SSSR count). The Labute approximate surface area is 147 Å². The molecule has 1 saturated heterocycles. The van der Waals surface area contributed by atoms with Crippen LogP contribution in [0.2, 0.25) is 0 Å². The molecule has 0 spiro atoms. The number of hydrogen-bond donors (Lipinski definition) is 0. The molecule has 0 radical (unpaired) electrons. The Morgan fingerprint density at radius 1 is 0.960 bits per heavy atom. The highest BCUT2D eigenvalue weighted by Gasteiger charge is 2.28. The van der Waals surface area contributed by atoms with Crippen LogP contribution in [0.4, 0.5) is 5.82 Å². The van der Waals surface area contributed by atoms with Crippen LogP contribution in [0.1, 0.15) is 43.0 Å². The highest BCUT2D eigenvalue weighted by atomic mass is 15.2. The quantitative estimate of drug-likeness (QED) is 0.719. The maximum absolute atomic E-state index is 4.95. The average Bonchev–Trinajstić information content (AvgIpc) is 3.21. The first-order chi connectivity index (χ1) is 12.4. The zero-order chi connectivity index (χ0) is 16.6. The van der Waals surface area contributed by atoms with Gasteiger partial charge >= 0.3 is 0 Å². The number of imidazole rings is 1. The average molecular weight is 333 g/mol. The maximum Gasteiger partial charge on any atom is 0.165 e. The second-order valence-corrected chi connectivity index (χ2v) is 7.20. The fourth-order valence-corrected chi connectivity index (χ4v) is 4.31. The molecule has 1 atom stereocenters. The smallest absolute Gasteiger partial charge is 0.165 e. The van der Waals surface area contributed by atoms with Crippen LogP contribution in [0, 0.1) is 0 Å². The molecular formula is C20H23N5. The number of fused-ring (bicyclic) bond motifs is 3. The van der Waals surface area contributed by atoms with E-state index in [1.807, 2.05) is 0 Å². The molecule has 0 amide bonds. The fourth-order valence-electron chi connectivity index (χ4n) is 4.31. The third kappa shape index (κ3) is 2.58. The maximum atomic E-state index is 4.95. The molecule has 1 aromatic carbocycles. The second-order valence-electron chi connectivity index (χ2n) is 7.20. The van der Waals surface area contributed by atoms with E-state index in [1.165, 1.54) is 37.1 Å². The van der Waals surface area contributed by atoms with Gasteiger partial charge in [0.05, 0.1) is 0 Å². The van der Waals surface area contributed by atoms with E-state index in [2.05, 4.69) is 49.8 Å². The van der Waals surface area contributed by atoms with Crippen LogP contribution in [0.15, 0.2) is 36.7 Å². The number of nitrogens with zero attached hydrogens (tertiary/aromatic N) is 5. The second kappa shape index (κ2) is 6.14. The predicted molar refractivity (Wildman–Crippen MR) is 98.9 cm³/mol. The lowest BCUT2D eigenvalue weighted by molar-refractivity contribution is 0.643. The van der Waals surface area contributed by atoms with Gasteiger partial charge in [0.25, 0.3) is 0 Å². The summed E-state index contributed by atoms with van der Waals surface area (Å²) in [5.41, 5.74) is 3.44. The van der Waals surface area contributed by atoms with Gasteiger partial charge in [0, 0.05) is 32.0 Å². The monoisotopic (exact) mass is 333 g/mol. The Bertz CT molecular complexity index is 886. The minimum atomic E-state index is 0.576. The SMILES string of the molecule is c1ccc([C@H]2CCN(c3ncnc4c3nc3n4CCCCC3)C2)cc1. The Morgan fingerprint density at radius 3 is 2.80 bits per heavy atom. The topological polar surface area (TPSA) is 46.8 Å². The van der Waals surface area contributed by atoms with E-state index in [9.17, 15) is 0 Å². The highest BCUT2D eigenvalue weighted by Crippen LogP contribution is 2.33. The molecule has 3 aromatic rings. The first-order valence-corrected chi connectivity index (χ1v) is 9.40. The Kier molecular flexibility index (Phi) is 3.65. The van der Waals surface area contributed by atoms with E-state index >= 15 is 0 Å². The first kappa shape index (κ1) is 14.9. The zero-order valence-corrected chi connectivity index (χ0v) is 14.4. The summed E-state index contributed by atoms with van der Waals surface area (Å²) in [4.78, 5) is 16.5. The van der Waals surface area contributed by atoms with Crippen molar-refractivity contribution in [2.24, 2.45) is 0 Å². The molecule has 25 heavy (non-hydrogen) atoms. The van der Waals surface area contributed by atoms with Crippen molar-refractivity contribution < 1.29 is 0 Å². The Hall–Kier alpha value is -2.43. The summed E-state index contributed by atoms with van der Waals surface area (Å²) in [6.07, 6.45) is 7.68. The number of rotatable bonds is 2. The molecule has 0 bridgehead atoms. The van der Waals surface area contributed by atoms with Crippen LogP contribution in [-0.2, 0) is 13.0 Å². The third-order valence-corrected chi connectivity index (χ3v) is 5.63. The molecule has 0 N–H and O–H groups in total. The molecule has 5 heteroatoms. The van der Waals surface area contributed by atoms with Crippen LogP contribution < -0.4 is 4.90 Å². The van der Waals surface area contributed by atoms with Crippen LogP contribution in [0.25, 0.3) is 11.2 Å². The van der Waals surface area contributed by atoms with Gasteiger partial charge in [-0.3, -0.25) is 0 Å². The number of aryl methyl sites for hydroxylation is 2. The van der Waals surface area contributed by atoms with Crippen molar-refractivity contribution in [1.29, 1.82) is 0 Å². The number of aromatic nitrogens is 4. The Balaban J connectivity index is 1.49. The summed E-state index contributed by atoms with van der Waals surface area (Å²) in [5, 5.41) is 0. The number of anilines is 1. The number of hydrogen-bond acceptors (Lipinski definition) is 4. The molecule has 5 nitrogen and oxygen atoms in total. The van der Waals surface area contributed by atoms with Gasteiger partial charge in [-0.1, -0.05) is 36.8 Å². The molecule has 2 aliphatic heterocycles. The van der Waals surface area contributed by atoms with Crippen LogP contribution >= 0.6 is 0 Å². The lowest BCUT2D eigenvalue weighted by Gasteiger charge is -2.17. The van der Waals surface area contributed by atoms with Crippen molar-refractivity contribution >= 4 is 17.0 Å². The van der Waals surface area contributed by atoms with Gasteiger partial charge in [-0.15, -0.1) is 0 Å². The zero-order valence-electron chi connectivity index (χ0n) is 14.4. The first-order valence-electron chi connectivity index (χ1n) is 9.40. The van der Waals surface area contributed by atoms with Gasteiger partial charge in [-0.2, -0.15) is 0 Å². The summed E-state index contributed by atoms with van der Waals surface area (Å²) in [7, 11) is 0. The van der Waals surface area contributed by atoms with Crippen LogP contribution in [-0.4, -0.2) is 32.6 Å². The normalized spacial score (nSPS) is 20.6. The molecule has 0 aliphatic carbocycles. The molecule has 128 valence electrons. The standard InChI is InChI=1S/C20H23N5/c1-3-7-15(8-4-1)16-10-12-24(13-16)19-18-20(22-14-21-19)25-11-6-2-5-9-17(25)23-18/h1,3-4,7-8,14,16H,2,5-6,9-13H2/t16-/m0/s1. The summed E-state index contributed by atoms with van der Waals surface area (Å²) in [6, 6.07) is 10.8. The number of benzene rings is 1. The summed E-state index contributed by atoms with van der Waals surface area (Å²) < 4.78 is 2.32. The van der Waals surface area contributed by atoms with Crippen molar-refractivity contribution in [2.45, 2.75) is 44.6 Å². The molecule has 0 saturated carbocycles. The summed E-state index contributed by atoms with van der Waals surface area (Å²) >= 11 is 0. The van der Waals surface area contributed by atoms with E-state index in [0.717, 1.165) is 43.0 Å². The van der Waals surface area contributed by atoms with Gasteiger partial charge in [-0.25, -0.2) is 15.0 Å². The van der Waals surface area contributed by atoms with Gasteiger partial charge in [0.2, 0.25) is 0 Å². The summed E-state index contributed by atoms with van der Waals surface area (Å²) in [5.74, 6) is 2.78.